The van der Waals surface area contributed by atoms with Gasteiger partial charge in [0.15, 0.2) is 0 Å². The fraction of sp³-hybridized carbons (Fsp3) is 0.333. The zero-order valence-electron chi connectivity index (χ0n) is 10.2. The van der Waals surface area contributed by atoms with E-state index in [0.29, 0.717) is 16.6 Å². The second kappa shape index (κ2) is 5.59. The maximum atomic E-state index is 6.07. The number of benzene rings is 1. The molecule has 1 heterocycles. The molecule has 1 N–H and O–H groups in total. The average Bonchev–Trinajstić information content (AvgIpc) is 2.79. The van der Waals surface area contributed by atoms with Gasteiger partial charge in [-0.3, -0.25) is 0 Å². The molecule has 0 radical (unpaired) electrons. The third-order valence-electron chi connectivity index (χ3n) is 2.50. The van der Waals surface area contributed by atoms with Crippen molar-refractivity contribution in [2.75, 3.05) is 5.32 Å². The summed E-state index contributed by atoms with van der Waals surface area (Å²) in [4.78, 5) is 4.22. The lowest BCUT2D eigenvalue weighted by Crippen LogP contribution is -2.12. The first-order chi connectivity index (χ1) is 8.58. The van der Waals surface area contributed by atoms with Crippen LogP contribution in [0.15, 0.2) is 24.5 Å². The van der Waals surface area contributed by atoms with Crippen LogP contribution < -0.4 is 5.32 Å². The first-order valence-corrected chi connectivity index (χ1v) is 6.41. The Bertz CT molecular complexity index is 537. The van der Waals surface area contributed by atoms with Crippen molar-refractivity contribution < 1.29 is 0 Å². The molecule has 0 saturated carbocycles. The Morgan fingerprint density at radius 3 is 2.83 bits per heavy atom. The number of hydrogen-bond acceptors (Lipinski definition) is 3. The molecular weight excluding hydrogens is 271 g/mol. The molecule has 6 heteroatoms. The summed E-state index contributed by atoms with van der Waals surface area (Å²) in [5, 5.41) is 8.67. The molecule has 2 rings (SSSR count). The van der Waals surface area contributed by atoms with Crippen molar-refractivity contribution in [1.29, 1.82) is 0 Å². The Morgan fingerprint density at radius 1 is 1.33 bits per heavy atom. The van der Waals surface area contributed by atoms with E-state index in [4.69, 9.17) is 23.2 Å². The van der Waals surface area contributed by atoms with Crippen LogP contribution in [0.5, 0.6) is 0 Å². The number of rotatable bonds is 4. The Hall–Kier alpha value is -1.26. The van der Waals surface area contributed by atoms with Crippen molar-refractivity contribution in [2.24, 2.45) is 0 Å². The fourth-order valence-corrected chi connectivity index (χ4v) is 2.00. The van der Waals surface area contributed by atoms with Crippen LogP contribution in [0.1, 0.15) is 25.7 Å². The van der Waals surface area contributed by atoms with Crippen molar-refractivity contribution in [1.82, 2.24) is 14.8 Å². The van der Waals surface area contributed by atoms with Gasteiger partial charge in [-0.15, -0.1) is 0 Å². The second-order valence-electron chi connectivity index (χ2n) is 4.19. The van der Waals surface area contributed by atoms with E-state index in [1.807, 2.05) is 4.68 Å². The highest BCUT2D eigenvalue weighted by atomic mass is 35.5. The van der Waals surface area contributed by atoms with E-state index in [-0.39, 0.29) is 6.04 Å². The predicted octanol–water partition coefficient (Wildman–Crippen LogP) is 3.78. The third-order valence-corrected chi connectivity index (χ3v) is 3.07. The van der Waals surface area contributed by atoms with E-state index >= 15 is 0 Å². The standard InChI is InChI=1S/C12H14Cl2N4/c1-8(2)18-12(16-7-17-18)6-15-11-5-9(13)3-4-10(11)14/h3-5,7-8,15H,6H2,1-2H3. The van der Waals surface area contributed by atoms with Gasteiger partial charge in [0.2, 0.25) is 0 Å². The van der Waals surface area contributed by atoms with Gasteiger partial charge < -0.3 is 5.32 Å². The maximum absolute atomic E-state index is 6.07. The zero-order valence-corrected chi connectivity index (χ0v) is 11.7. The van der Waals surface area contributed by atoms with Crippen LogP contribution in [0, 0.1) is 0 Å². The SMILES string of the molecule is CC(C)n1ncnc1CNc1cc(Cl)ccc1Cl. The molecule has 0 saturated heterocycles. The molecular formula is C12H14Cl2N4. The molecule has 96 valence electrons. The molecule has 0 unspecified atom stereocenters. The van der Waals surface area contributed by atoms with Gasteiger partial charge in [0.05, 0.1) is 17.3 Å². The van der Waals surface area contributed by atoms with Crippen LogP contribution in [-0.2, 0) is 6.54 Å². The van der Waals surface area contributed by atoms with Gasteiger partial charge in [0.1, 0.15) is 12.2 Å². The molecule has 0 aliphatic rings. The molecule has 0 amide bonds. The van der Waals surface area contributed by atoms with E-state index in [9.17, 15) is 0 Å². The Labute approximate surface area is 116 Å². The van der Waals surface area contributed by atoms with Crippen LogP contribution in [0.25, 0.3) is 0 Å². The van der Waals surface area contributed by atoms with Gasteiger partial charge in [0, 0.05) is 11.1 Å². The highest BCUT2D eigenvalue weighted by molar-refractivity contribution is 6.35. The summed E-state index contributed by atoms with van der Waals surface area (Å²) in [5.41, 5.74) is 0.794. The molecule has 0 spiro atoms. The summed E-state index contributed by atoms with van der Waals surface area (Å²) in [7, 11) is 0. The molecule has 0 aliphatic heterocycles. The molecule has 1 aromatic carbocycles. The van der Waals surface area contributed by atoms with E-state index in [1.165, 1.54) is 0 Å². The first-order valence-electron chi connectivity index (χ1n) is 5.65. The normalized spacial score (nSPS) is 10.9. The van der Waals surface area contributed by atoms with Gasteiger partial charge >= 0.3 is 0 Å². The summed E-state index contributed by atoms with van der Waals surface area (Å²) in [6.07, 6.45) is 1.55. The van der Waals surface area contributed by atoms with Gasteiger partial charge in [0.25, 0.3) is 0 Å². The van der Waals surface area contributed by atoms with E-state index in [2.05, 4.69) is 29.2 Å². The minimum Gasteiger partial charge on any atom is -0.377 e. The molecule has 0 bridgehead atoms. The predicted molar refractivity (Wildman–Crippen MR) is 74.2 cm³/mol. The number of hydrogen-bond donors (Lipinski definition) is 1. The molecule has 18 heavy (non-hydrogen) atoms. The van der Waals surface area contributed by atoms with Gasteiger partial charge in [-0.1, -0.05) is 23.2 Å². The lowest BCUT2D eigenvalue weighted by atomic mass is 10.3. The molecule has 0 aliphatic carbocycles. The quantitative estimate of drug-likeness (QED) is 0.929. The van der Waals surface area contributed by atoms with Crippen molar-refractivity contribution >= 4 is 28.9 Å². The lowest BCUT2D eigenvalue weighted by Gasteiger charge is -2.11. The molecule has 0 atom stereocenters. The van der Waals surface area contributed by atoms with Gasteiger partial charge in [-0.2, -0.15) is 5.10 Å². The van der Waals surface area contributed by atoms with Crippen molar-refractivity contribution in [3.05, 3.63) is 40.4 Å². The summed E-state index contributed by atoms with van der Waals surface area (Å²) in [5.74, 6) is 0.862. The van der Waals surface area contributed by atoms with Gasteiger partial charge in [-0.25, -0.2) is 9.67 Å². The third kappa shape index (κ3) is 2.94. The summed E-state index contributed by atoms with van der Waals surface area (Å²) in [6.45, 7) is 4.67. The fourth-order valence-electron chi connectivity index (χ4n) is 1.64. The van der Waals surface area contributed by atoms with Crippen LogP contribution in [0.4, 0.5) is 5.69 Å². The molecule has 2 aromatic rings. The van der Waals surface area contributed by atoms with E-state index < -0.39 is 0 Å². The molecule has 4 nitrogen and oxygen atoms in total. The second-order valence-corrected chi connectivity index (χ2v) is 5.04. The average molecular weight is 285 g/mol. The Morgan fingerprint density at radius 2 is 2.11 bits per heavy atom. The minimum absolute atomic E-state index is 0.277. The number of nitrogens with one attached hydrogen (secondary N) is 1. The van der Waals surface area contributed by atoms with Crippen molar-refractivity contribution in [2.45, 2.75) is 26.4 Å². The summed E-state index contributed by atoms with van der Waals surface area (Å²) >= 11 is 12.0. The highest BCUT2D eigenvalue weighted by Crippen LogP contribution is 2.25. The van der Waals surface area contributed by atoms with Crippen LogP contribution in [0.2, 0.25) is 10.0 Å². The number of halogens is 2. The highest BCUT2D eigenvalue weighted by Gasteiger charge is 2.08. The lowest BCUT2D eigenvalue weighted by molar-refractivity contribution is 0.509. The minimum atomic E-state index is 0.277. The van der Waals surface area contributed by atoms with Crippen molar-refractivity contribution in [3.63, 3.8) is 0 Å². The summed E-state index contributed by atoms with van der Waals surface area (Å²) in [6, 6.07) is 5.59. The topological polar surface area (TPSA) is 42.7 Å². The van der Waals surface area contributed by atoms with E-state index in [1.54, 1.807) is 24.5 Å². The Kier molecular flexibility index (Phi) is 4.09. The van der Waals surface area contributed by atoms with Crippen LogP contribution in [0.3, 0.4) is 0 Å². The number of anilines is 1. The van der Waals surface area contributed by atoms with Gasteiger partial charge in [-0.05, 0) is 32.0 Å². The van der Waals surface area contributed by atoms with Crippen molar-refractivity contribution in [3.8, 4) is 0 Å². The zero-order chi connectivity index (χ0) is 13.1. The molecule has 1 aromatic heterocycles. The van der Waals surface area contributed by atoms with Crippen LogP contribution in [-0.4, -0.2) is 14.8 Å². The monoisotopic (exact) mass is 284 g/mol. The largest absolute Gasteiger partial charge is 0.377 e. The Balaban J connectivity index is 2.11. The van der Waals surface area contributed by atoms with Crippen LogP contribution >= 0.6 is 23.2 Å². The smallest absolute Gasteiger partial charge is 0.146 e. The number of aromatic nitrogens is 3. The maximum Gasteiger partial charge on any atom is 0.146 e. The first kappa shape index (κ1) is 13.2. The summed E-state index contributed by atoms with van der Waals surface area (Å²) < 4.78 is 1.87. The number of nitrogens with zero attached hydrogens (tertiary/aromatic N) is 3. The van der Waals surface area contributed by atoms with E-state index in [0.717, 1.165) is 11.5 Å². The molecule has 0 fully saturated rings.